The van der Waals surface area contributed by atoms with Crippen LogP contribution in [0, 0.1) is 6.92 Å². The van der Waals surface area contributed by atoms with Crippen molar-refractivity contribution in [1.29, 1.82) is 0 Å². The Morgan fingerprint density at radius 1 is 1.50 bits per heavy atom. The minimum atomic E-state index is 0.866. The van der Waals surface area contributed by atoms with Crippen LogP contribution in [0.5, 0.6) is 0 Å². The number of hydrogen-bond acceptors (Lipinski definition) is 2. The lowest BCUT2D eigenvalue weighted by molar-refractivity contribution is 1.21. The summed E-state index contributed by atoms with van der Waals surface area (Å²) in [5.74, 6) is 0. The van der Waals surface area contributed by atoms with Crippen LogP contribution in [0.3, 0.4) is 0 Å². The van der Waals surface area contributed by atoms with Crippen molar-refractivity contribution < 1.29 is 0 Å². The number of aromatic nitrogens is 1. The van der Waals surface area contributed by atoms with Gasteiger partial charge in [0.2, 0.25) is 0 Å². The molecule has 0 saturated heterocycles. The highest BCUT2D eigenvalue weighted by Crippen LogP contribution is 2.12. The van der Waals surface area contributed by atoms with E-state index in [1.165, 1.54) is 0 Å². The van der Waals surface area contributed by atoms with Crippen molar-refractivity contribution in [3.63, 3.8) is 0 Å². The lowest BCUT2D eigenvalue weighted by atomic mass is 10.2. The molecule has 0 bridgehead atoms. The number of hydrogen-bond donors (Lipinski definition) is 0. The molecule has 14 heavy (non-hydrogen) atoms. The molecule has 0 atom stereocenters. The smallest absolute Gasteiger partial charge is 0.0882 e. The normalized spacial score (nSPS) is 12.0. The second kappa shape index (κ2) is 5.12. The van der Waals surface area contributed by atoms with Gasteiger partial charge in [0.1, 0.15) is 0 Å². The van der Waals surface area contributed by atoms with E-state index >= 15 is 0 Å². The first-order valence-corrected chi connectivity index (χ1v) is 4.52. The minimum Gasteiger partial charge on any atom is -0.255 e. The van der Waals surface area contributed by atoms with Crippen molar-refractivity contribution in [2.45, 2.75) is 13.8 Å². The van der Waals surface area contributed by atoms with Gasteiger partial charge in [-0.3, -0.25) is 9.98 Å². The zero-order valence-electron chi connectivity index (χ0n) is 8.57. The van der Waals surface area contributed by atoms with E-state index < -0.39 is 0 Å². The number of pyridine rings is 1. The van der Waals surface area contributed by atoms with Crippen molar-refractivity contribution in [3.8, 4) is 0 Å². The summed E-state index contributed by atoms with van der Waals surface area (Å²) < 4.78 is 0. The van der Waals surface area contributed by atoms with Crippen LogP contribution in [0.15, 0.2) is 42.1 Å². The van der Waals surface area contributed by atoms with Gasteiger partial charge in [-0.15, -0.1) is 0 Å². The van der Waals surface area contributed by atoms with Crippen LogP contribution in [0.1, 0.15) is 18.2 Å². The second-order valence-electron chi connectivity index (χ2n) is 2.91. The summed E-state index contributed by atoms with van der Waals surface area (Å²) in [5.41, 5.74) is 2.90. The lowest BCUT2D eigenvalue weighted by Crippen LogP contribution is -1.87. The molecule has 0 amide bonds. The Balaban J connectivity index is 2.96. The Labute approximate surface area is 84.7 Å². The summed E-state index contributed by atoms with van der Waals surface area (Å²) in [6, 6.07) is 3.99. The Kier molecular flexibility index (Phi) is 3.80. The Morgan fingerprint density at radius 3 is 2.79 bits per heavy atom. The molecule has 0 fully saturated rings. The van der Waals surface area contributed by atoms with Gasteiger partial charge in [0, 0.05) is 12.4 Å². The fraction of sp³-hybridized carbons (Fsp3) is 0.167. The molecule has 1 aromatic heterocycles. The van der Waals surface area contributed by atoms with Crippen molar-refractivity contribution >= 4 is 11.9 Å². The summed E-state index contributed by atoms with van der Waals surface area (Å²) in [5, 5.41) is 0. The SMILES string of the molecule is C=CC=N/C(=C\C)c1ccc(C)cn1. The molecule has 2 nitrogen and oxygen atoms in total. The van der Waals surface area contributed by atoms with Gasteiger partial charge in [-0.2, -0.15) is 0 Å². The third kappa shape index (κ3) is 2.66. The standard InChI is InChI=1S/C12H14N2/c1-4-8-13-11(5-2)12-7-6-10(3)9-14-12/h4-9H,1H2,2-3H3/b11-5-,13-8?. The molecule has 0 aliphatic carbocycles. The molecule has 1 rings (SSSR count). The average molecular weight is 186 g/mol. The molecule has 0 spiro atoms. The Hall–Kier alpha value is -1.70. The number of aryl methyl sites for hydroxylation is 1. The van der Waals surface area contributed by atoms with E-state index in [1.54, 1.807) is 12.3 Å². The molecule has 0 saturated carbocycles. The van der Waals surface area contributed by atoms with Gasteiger partial charge >= 0.3 is 0 Å². The first kappa shape index (κ1) is 10.4. The molecule has 0 aromatic carbocycles. The highest BCUT2D eigenvalue weighted by atomic mass is 14.8. The van der Waals surface area contributed by atoms with E-state index in [1.807, 2.05) is 38.3 Å². The summed E-state index contributed by atoms with van der Waals surface area (Å²) in [4.78, 5) is 8.50. The Morgan fingerprint density at radius 2 is 2.29 bits per heavy atom. The van der Waals surface area contributed by atoms with Crippen LogP contribution in [-0.2, 0) is 0 Å². The van der Waals surface area contributed by atoms with Crippen LogP contribution in [-0.4, -0.2) is 11.2 Å². The molecule has 2 heteroatoms. The third-order valence-electron chi connectivity index (χ3n) is 1.77. The van der Waals surface area contributed by atoms with E-state index in [9.17, 15) is 0 Å². The van der Waals surface area contributed by atoms with E-state index in [2.05, 4.69) is 16.6 Å². The summed E-state index contributed by atoms with van der Waals surface area (Å²) in [6.07, 6.45) is 7.08. The Bertz CT molecular complexity index is 358. The topological polar surface area (TPSA) is 25.2 Å². The first-order chi connectivity index (χ1) is 6.77. The van der Waals surface area contributed by atoms with Crippen LogP contribution in [0.25, 0.3) is 5.70 Å². The molecule has 0 aliphatic heterocycles. The van der Waals surface area contributed by atoms with Crippen LogP contribution >= 0.6 is 0 Å². The van der Waals surface area contributed by atoms with Crippen LogP contribution < -0.4 is 0 Å². The molecule has 0 unspecified atom stereocenters. The maximum atomic E-state index is 4.29. The largest absolute Gasteiger partial charge is 0.255 e. The number of rotatable bonds is 3. The van der Waals surface area contributed by atoms with Crippen molar-refractivity contribution in [3.05, 3.63) is 48.3 Å². The predicted octanol–water partition coefficient (Wildman–Crippen LogP) is 3.01. The maximum Gasteiger partial charge on any atom is 0.0882 e. The van der Waals surface area contributed by atoms with Crippen molar-refractivity contribution in [2.75, 3.05) is 0 Å². The van der Waals surface area contributed by atoms with Gasteiger partial charge in [-0.1, -0.05) is 24.8 Å². The van der Waals surface area contributed by atoms with E-state index in [0.29, 0.717) is 0 Å². The van der Waals surface area contributed by atoms with Gasteiger partial charge < -0.3 is 0 Å². The molecule has 0 N–H and O–H groups in total. The van der Waals surface area contributed by atoms with Crippen LogP contribution in [0.2, 0.25) is 0 Å². The number of aliphatic imine (C=N–C) groups is 1. The van der Waals surface area contributed by atoms with Crippen molar-refractivity contribution in [2.24, 2.45) is 4.99 Å². The fourth-order valence-corrected chi connectivity index (χ4v) is 1.04. The van der Waals surface area contributed by atoms with Gasteiger partial charge in [-0.25, -0.2) is 0 Å². The molecule has 1 aromatic rings. The second-order valence-corrected chi connectivity index (χ2v) is 2.91. The minimum absolute atomic E-state index is 0.866. The maximum absolute atomic E-state index is 4.29. The molecule has 0 radical (unpaired) electrons. The number of allylic oxidation sites excluding steroid dienone is 2. The van der Waals surface area contributed by atoms with E-state index in [0.717, 1.165) is 17.0 Å². The average Bonchev–Trinajstić information content (AvgIpc) is 2.21. The van der Waals surface area contributed by atoms with Gasteiger partial charge in [-0.05, 0) is 25.5 Å². The molecule has 1 heterocycles. The highest BCUT2D eigenvalue weighted by molar-refractivity contribution is 5.78. The van der Waals surface area contributed by atoms with Crippen molar-refractivity contribution in [1.82, 2.24) is 4.98 Å². The molecule has 72 valence electrons. The quantitative estimate of drug-likeness (QED) is 0.666. The summed E-state index contributed by atoms with van der Waals surface area (Å²) >= 11 is 0. The lowest BCUT2D eigenvalue weighted by Gasteiger charge is -1.99. The zero-order valence-corrected chi connectivity index (χ0v) is 8.57. The van der Waals surface area contributed by atoms with E-state index in [-0.39, 0.29) is 0 Å². The first-order valence-electron chi connectivity index (χ1n) is 4.52. The van der Waals surface area contributed by atoms with Gasteiger partial charge in [0.25, 0.3) is 0 Å². The predicted molar refractivity (Wildman–Crippen MR) is 61.3 cm³/mol. The van der Waals surface area contributed by atoms with Gasteiger partial charge in [0.15, 0.2) is 0 Å². The molecular formula is C12H14N2. The molecular weight excluding hydrogens is 172 g/mol. The summed E-state index contributed by atoms with van der Waals surface area (Å²) in [6.45, 7) is 7.53. The summed E-state index contributed by atoms with van der Waals surface area (Å²) in [7, 11) is 0. The number of nitrogens with zero attached hydrogens (tertiary/aromatic N) is 2. The fourth-order valence-electron chi connectivity index (χ4n) is 1.04. The monoisotopic (exact) mass is 186 g/mol. The third-order valence-corrected chi connectivity index (χ3v) is 1.77. The molecule has 0 aliphatic rings. The zero-order chi connectivity index (χ0) is 10.4. The van der Waals surface area contributed by atoms with Crippen LogP contribution in [0.4, 0.5) is 0 Å². The highest BCUT2D eigenvalue weighted by Gasteiger charge is 1.97. The van der Waals surface area contributed by atoms with Gasteiger partial charge in [0.05, 0.1) is 11.4 Å². The van der Waals surface area contributed by atoms with E-state index in [4.69, 9.17) is 0 Å².